The molecule has 23 heavy (non-hydrogen) atoms. The van der Waals surface area contributed by atoms with Gasteiger partial charge < -0.3 is 15.4 Å². The van der Waals surface area contributed by atoms with Crippen molar-refractivity contribution < 1.29 is 4.74 Å². The van der Waals surface area contributed by atoms with Crippen LogP contribution in [0.15, 0.2) is 35.3 Å². The van der Waals surface area contributed by atoms with Gasteiger partial charge in [0, 0.05) is 19.6 Å². The Kier molecular flexibility index (Phi) is 11.4. The third-order valence-corrected chi connectivity index (χ3v) is 3.93. The number of nitrogens with one attached hydrogen (secondary N) is 2. The van der Waals surface area contributed by atoms with E-state index in [0.717, 1.165) is 38.6 Å². The Labute approximate surface area is 145 Å². The highest BCUT2D eigenvalue weighted by atomic mass is 32.2. The Hall–Kier alpha value is -1.20. The number of nitrogens with zero attached hydrogens (tertiary/aromatic N) is 1. The van der Waals surface area contributed by atoms with Crippen molar-refractivity contribution >= 4 is 17.7 Å². The standard InChI is InChI=1S/C18H31N3OS/c1-4-19-18(20-11-8-12-23-3)21-13-16(2)14-22-15-17-9-6-5-7-10-17/h5-7,9-10,16H,4,8,11-15H2,1-3H3,(H2,19,20,21). The summed E-state index contributed by atoms with van der Waals surface area (Å²) in [5, 5.41) is 6.67. The molecule has 1 aromatic rings. The molecule has 0 bridgehead atoms. The van der Waals surface area contributed by atoms with Crippen LogP contribution in [0.5, 0.6) is 0 Å². The van der Waals surface area contributed by atoms with E-state index in [9.17, 15) is 0 Å². The smallest absolute Gasteiger partial charge is 0.191 e. The molecule has 0 spiro atoms. The van der Waals surface area contributed by atoms with Gasteiger partial charge >= 0.3 is 0 Å². The molecular weight excluding hydrogens is 306 g/mol. The Morgan fingerprint density at radius 3 is 2.74 bits per heavy atom. The van der Waals surface area contributed by atoms with Crippen molar-refractivity contribution in [3.63, 3.8) is 0 Å². The largest absolute Gasteiger partial charge is 0.376 e. The van der Waals surface area contributed by atoms with Crippen molar-refractivity contribution in [1.29, 1.82) is 0 Å². The first-order valence-corrected chi connectivity index (χ1v) is 9.78. The first kappa shape index (κ1) is 19.8. The fourth-order valence-corrected chi connectivity index (χ4v) is 2.45. The SMILES string of the molecule is CCNC(=NCC(C)COCc1ccccc1)NCCCSC. The highest BCUT2D eigenvalue weighted by molar-refractivity contribution is 7.98. The molecule has 0 heterocycles. The number of benzene rings is 1. The van der Waals surface area contributed by atoms with Gasteiger partial charge in [-0.3, -0.25) is 4.99 Å². The predicted octanol–water partition coefficient (Wildman–Crippen LogP) is 3.15. The van der Waals surface area contributed by atoms with Gasteiger partial charge in [-0.2, -0.15) is 11.8 Å². The molecule has 0 saturated carbocycles. The van der Waals surface area contributed by atoms with Crippen LogP contribution in [0.25, 0.3) is 0 Å². The van der Waals surface area contributed by atoms with Crippen LogP contribution < -0.4 is 10.6 Å². The van der Waals surface area contributed by atoms with Crippen molar-refractivity contribution in [2.24, 2.45) is 10.9 Å². The van der Waals surface area contributed by atoms with Gasteiger partial charge in [0.15, 0.2) is 5.96 Å². The zero-order chi connectivity index (χ0) is 16.8. The third-order valence-electron chi connectivity index (χ3n) is 3.24. The summed E-state index contributed by atoms with van der Waals surface area (Å²) in [4.78, 5) is 4.64. The van der Waals surface area contributed by atoms with E-state index in [1.807, 2.05) is 30.0 Å². The quantitative estimate of drug-likeness (QED) is 0.370. The van der Waals surface area contributed by atoms with Crippen molar-refractivity contribution in [3.05, 3.63) is 35.9 Å². The van der Waals surface area contributed by atoms with Gasteiger partial charge in [-0.25, -0.2) is 0 Å². The zero-order valence-corrected chi connectivity index (χ0v) is 15.5. The van der Waals surface area contributed by atoms with Crippen LogP contribution in [0.1, 0.15) is 25.8 Å². The van der Waals surface area contributed by atoms with E-state index >= 15 is 0 Å². The summed E-state index contributed by atoms with van der Waals surface area (Å²) < 4.78 is 5.77. The van der Waals surface area contributed by atoms with Gasteiger partial charge in [-0.1, -0.05) is 37.3 Å². The van der Waals surface area contributed by atoms with Crippen LogP contribution in [-0.2, 0) is 11.3 Å². The maximum absolute atomic E-state index is 5.77. The lowest BCUT2D eigenvalue weighted by molar-refractivity contribution is 0.0945. The molecule has 1 atom stereocenters. The Morgan fingerprint density at radius 1 is 1.26 bits per heavy atom. The minimum Gasteiger partial charge on any atom is -0.376 e. The van der Waals surface area contributed by atoms with Crippen LogP contribution in [0.3, 0.4) is 0 Å². The molecule has 5 heteroatoms. The average Bonchev–Trinajstić information content (AvgIpc) is 2.57. The molecule has 0 fully saturated rings. The first-order chi connectivity index (χ1) is 11.3. The lowest BCUT2D eigenvalue weighted by atomic mass is 10.2. The molecular formula is C18H31N3OS. The van der Waals surface area contributed by atoms with Crippen LogP contribution in [0.2, 0.25) is 0 Å². The van der Waals surface area contributed by atoms with Crippen molar-refractivity contribution in [1.82, 2.24) is 10.6 Å². The molecule has 0 aliphatic heterocycles. The number of guanidine groups is 1. The molecule has 1 unspecified atom stereocenters. The zero-order valence-electron chi connectivity index (χ0n) is 14.7. The van der Waals surface area contributed by atoms with Crippen molar-refractivity contribution in [2.45, 2.75) is 26.9 Å². The van der Waals surface area contributed by atoms with E-state index in [-0.39, 0.29) is 0 Å². The highest BCUT2D eigenvalue weighted by Gasteiger charge is 2.03. The van der Waals surface area contributed by atoms with Crippen LogP contribution in [-0.4, -0.2) is 44.2 Å². The van der Waals surface area contributed by atoms with Gasteiger partial charge in [0.05, 0.1) is 13.2 Å². The molecule has 130 valence electrons. The second kappa shape index (κ2) is 13.3. The van der Waals surface area contributed by atoms with Crippen LogP contribution >= 0.6 is 11.8 Å². The maximum Gasteiger partial charge on any atom is 0.191 e. The number of rotatable bonds is 11. The topological polar surface area (TPSA) is 45.7 Å². The molecule has 0 aromatic heterocycles. The van der Waals surface area contributed by atoms with E-state index < -0.39 is 0 Å². The average molecular weight is 338 g/mol. The first-order valence-electron chi connectivity index (χ1n) is 8.39. The fraction of sp³-hybridized carbons (Fsp3) is 0.611. The third kappa shape index (κ3) is 10.2. The van der Waals surface area contributed by atoms with Crippen molar-refractivity contribution in [2.75, 3.05) is 38.2 Å². The van der Waals surface area contributed by atoms with Gasteiger partial charge in [-0.05, 0) is 36.8 Å². The second-order valence-electron chi connectivity index (χ2n) is 5.60. The van der Waals surface area contributed by atoms with Gasteiger partial charge in [0.1, 0.15) is 0 Å². The minimum absolute atomic E-state index is 0.403. The monoisotopic (exact) mass is 337 g/mol. The molecule has 0 aliphatic rings. The summed E-state index contributed by atoms with van der Waals surface area (Å²) in [6.45, 7) is 8.27. The fourth-order valence-electron chi connectivity index (χ4n) is 2.02. The molecule has 0 amide bonds. The number of hydrogen-bond donors (Lipinski definition) is 2. The van der Waals surface area contributed by atoms with E-state index in [1.54, 1.807) is 0 Å². The summed E-state index contributed by atoms with van der Waals surface area (Å²) >= 11 is 1.88. The number of ether oxygens (including phenoxy) is 1. The molecule has 1 rings (SSSR count). The lowest BCUT2D eigenvalue weighted by Crippen LogP contribution is -2.38. The molecule has 2 N–H and O–H groups in total. The Bertz CT molecular complexity index is 426. The van der Waals surface area contributed by atoms with Crippen LogP contribution in [0.4, 0.5) is 0 Å². The molecule has 0 saturated heterocycles. The molecule has 0 radical (unpaired) electrons. The van der Waals surface area contributed by atoms with Crippen LogP contribution in [0, 0.1) is 5.92 Å². The Balaban J connectivity index is 2.24. The minimum atomic E-state index is 0.403. The summed E-state index contributed by atoms with van der Waals surface area (Å²) in [7, 11) is 0. The summed E-state index contributed by atoms with van der Waals surface area (Å²) in [5.74, 6) is 2.49. The highest BCUT2D eigenvalue weighted by Crippen LogP contribution is 2.03. The molecule has 1 aromatic carbocycles. The predicted molar refractivity (Wildman–Crippen MR) is 102 cm³/mol. The summed E-state index contributed by atoms with van der Waals surface area (Å²) in [6, 6.07) is 10.3. The van der Waals surface area contributed by atoms with E-state index in [4.69, 9.17) is 4.74 Å². The van der Waals surface area contributed by atoms with Gasteiger partial charge in [-0.15, -0.1) is 0 Å². The normalized spacial score (nSPS) is 12.9. The second-order valence-corrected chi connectivity index (χ2v) is 6.58. The molecule has 4 nitrogen and oxygen atoms in total. The van der Waals surface area contributed by atoms with Gasteiger partial charge in [0.25, 0.3) is 0 Å². The maximum atomic E-state index is 5.77. The van der Waals surface area contributed by atoms with E-state index in [1.165, 1.54) is 11.3 Å². The lowest BCUT2D eigenvalue weighted by Gasteiger charge is -2.13. The van der Waals surface area contributed by atoms with E-state index in [0.29, 0.717) is 12.5 Å². The number of aliphatic imine (C=N–C) groups is 1. The summed E-state index contributed by atoms with van der Waals surface area (Å²) in [5.41, 5.74) is 1.21. The molecule has 0 aliphatic carbocycles. The van der Waals surface area contributed by atoms with Gasteiger partial charge in [0.2, 0.25) is 0 Å². The van der Waals surface area contributed by atoms with Crippen molar-refractivity contribution in [3.8, 4) is 0 Å². The number of hydrogen-bond acceptors (Lipinski definition) is 3. The summed E-state index contributed by atoms with van der Waals surface area (Å²) in [6.07, 6.45) is 3.29. The Morgan fingerprint density at radius 2 is 2.04 bits per heavy atom. The van der Waals surface area contributed by atoms with E-state index in [2.05, 4.69) is 47.9 Å². The number of thioether (sulfide) groups is 1.